The molecule has 0 saturated heterocycles. The molecule has 0 aliphatic carbocycles. The van der Waals surface area contributed by atoms with Crippen LogP contribution in [-0.4, -0.2) is 18.5 Å². The number of amides is 3. The van der Waals surface area contributed by atoms with Gasteiger partial charge in [0.1, 0.15) is 0 Å². The van der Waals surface area contributed by atoms with E-state index in [2.05, 4.69) is 27.8 Å². The molecule has 0 heterocycles. The van der Waals surface area contributed by atoms with Crippen LogP contribution in [0.2, 0.25) is 0 Å². The van der Waals surface area contributed by atoms with Crippen molar-refractivity contribution in [1.82, 2.24) is 5.32 Å². The van der Waals surface area contributed by atoms with Gasteiger partial charge in [0, 0.05) is 23.9 Å². The van der Waals surface area contributed by atoms with E-state index in [9.17, 15) is 22.8 Å². The van der Waals surface area contributed by atoms with Crippen LogP contribution >= 0.6 is 0 Å². The largest absolute Gasteiger partial charge is 0.416 e. The number of hydrogen-bond donors (Lipinski definition) is 3. The molecular weight excluding hydrogens is 359 g/mol. The molecule has 5 nitrogen and oxygen atoms in total. The van der Waals surface area contributed by atoms with Gasteiger partial charge >= 0.3 is 12.2 Å². The number of urea groups is 1. The number of nitrogens with one attached hydrogen (secondary N) is 3. The summed E-state index contributed by atoms with van der Waals surface area (Å²) in [5.74, 6) is 5.37. The Kier molecular flexibility index (Phi) is 6.44. The molecule has 0 fully saturated rings. The number of halogens is 3. The lowest BCUT2D eigenvalue weighted by atomic mass is 10.2. The van der Waals surface area contributed by atoms with Crippen LogP contribution in [0, 0.1) is 11.8 Å². The fourth-order valence-electron chi connectivity index (χ4n) is 2.06. The summed E-state index contributed by atoms with van der Waals surface area (Å²) in [6.45, 7) is 1.42. The Morgan fingerprint density at radius 3 is 2.33 bits per heavy atom. The summed E-state index contributed by atoms with van der Waals surface area (Å²) in [5, 5.41) is 7.38. The first-order chi connectivity index (χ1) is 12.7. The fraction of sp³-hybridized carbons (Fsp3) is 0.158. The van der Waals surface area contributed by atoms with Gasteiger partial charge in [-0.15, -0.1) is 0 Å². The van der Waals surface area contributed by atoms with Crippen LogP contribution in [0.15, 0.2) is 48.5 Å². The van der Waals surface area contributed by atoms with E-state index < -0.39 is 17.8 Å². The topological polar surface area (TPSA) is 70.2 Å². The molecule has 27 heavy (non-hydrogen) atoms. The zero-order chi connectivity index (χ0) is 19.9. The van der Waals surface area contributed by atoms with Gasteiger partial charge < -0.3 is 16.0 Å². The lowest BCUT2D eigenvalue weighted by Gasteiger charge is -2.09. The molecular formula is C19H16F3N3O2. The number of carbonyl (C=O) groups excluding carboxylic acids is 2. The van der Waals surface area contributed by atoms with Gasteiger partial charge in [0.05, 0.1) is 12.1 Å². The molecule has 0 atom stereocenters. The highest BCUT2D eigenvalue weighted by atomic mass is 19.4. The maximum atomic E-state index is 12.6. The van der Waals surface area contributed by atoms with Crippen LogP contribution in [0.25, 0.3) is 0 Å². The summed E-state index contributed by atoms with van der Waals surface area (Å²) in [5.41, 5.74) is 0.516. The average molecular weight is 375 g/mol. The van der Waals surface area contributed by atoms with Crippen molar-refractivity contribution in [3.63, 3.8) is 0 Å². The number of alkyl halides is 3. The number of hydrogen-bond acceptors (Lipinski definition) is 2. The van der Waals surface area contributed by atoms with Gasteiger partial charge in [-0.1, -0.05) is 17.9 Å². The summed E-state index contributed by atoms with van der Waals surface area (Å²) >= 11 is 0. The summed E-state index contributed by atoms with van der Waals surface area (Å²) in [6, 6.07) is 10.5. The predicted molar refractivity (Wildman–Crippen MR) is 96.1 cm³/mol. The molecule has 0 saturated carbocycles. The zero-order valence-electron chi connectivity index (χ0n) is 14.3. The molecule has 0 aliphatic heterocycles. The first kappa shape index (κ1) is 19.8. The van der Waals surface area contributed by atoms with Gasteiger partial charge in [-0.25, -0.2) is 4.79 Å². The van der Waals surface area contributed by atoms with Gasteiger partial charge in [-0.05, 0) is 42.5 Å². The quantitative estimate of drug-likeness (QED) is 0.714. The second kappa shape index (κ2) is 8.76. The number of rotatable bonds is 3. The van der Waals surface area contributed by atoms with Crippen LogP contribution < -0.4 is 16.0 Å². The van der Waals surface area contributed by atoms with E-state index in [-0.39, 0.29) is 18.1 Å². The monoisotopic (exact) mass is 375 g/mol. The molecule has 0 unspecified atom stereocenters. The molecule has 2 aromatic carbocycles. The summed E-state index contributed by atoms with van der Waals surface area (Å²) in [6.07, 6.45) is -4.48. The number of carbonyl (C=O) groups is 2. The fourth-order valence-corrected chi connectivity index (χ4v) is 2.06. The van der Waals surface area contributed by atoms with Gasteiger partial charge in [0.15, 0.2) is 0 Å². The Labute approximate surface area is 154 Å². The van der Waals surface area contributed by atoms with Crippen molar-refractivity contribution in [2.75, 3.05) is 17.2 Å². The second-order valence-corrected chi connectivity index (χ2v) is 5.45. The molecule has 3 amide bonds. The third-order valence-corrected chi connectivity index (χ3v) is 3.22. The van der Waals surface area contributed by atoms with E-state index in [1.807, 2.05) is 0 Å². The first-order valence-electron chi connectivity index (χ1n) is 7.83. The highest BCUT2D eigenvalue weighted by molar-refractivity contribution is 5.89. The molecule has 0 aliphatic rings. The van der Waals surface area contributed by atoms with Crippen molar-refractivity contribution >= 4 is 23.3 Å². The molecule has 2 rings (SSSR count). The normalized spacial score (nSPS) is 10.4. The second-order valence-electron chi connectivity index (χ2n) is 5.45. The predicted octanol–water partition coefficient (Wildman–Crippen LogP) is 3.84. The smallest absolute Gasteiger partial charge is 0.327 e. The molecule has 0 aromatic heterocycles. The maximum absolute atomic E-state index is 12.6. The summed E-state index contributed by atoms with van der Waals surface area (Å²) in [7, 11) is 0. The van der Waals surface area contributed by atoms with Crippen LogP contribution in [0.4, 0.5) is 29.3 Å². The van der Waals surface area contributed by atoms with E-state index in [0.29, 0.717) is 11.3 Å². The van der Waals surface area contributed by atoms with Crippen LogP contribution in [-0.2, 0) is 11.0 Å². The lowest BCUT2D eigenvalue weighted by Crippen LogP contribution is -2.29. The molecule has 8 heteroatoms. The first-order valence-corrected chi connectivity index (χ1v) is 7.83. The molecule has 2 aromatic rings. The van der Waals surface area contributed by atoms with Crippen molar-refractivity contribution in [2.45, 2.75) is 13.1 Å². The average Bonchev–Trinajstić information content (AvgIpc) is 2.59. The van der Waals surface area contributed by atoms with Gasteiger partial charge in [0.2, 0.25) is 5.91 Å². The lowest BCUT2D eigenvalue weighted by molar-refractivity contribution is -0.137. The minimum Gasteiger partial charge on any atom is -0.327 e. The molecule has 140 valence electrons. The van der Waals surface area contributed by atoms with E-state index in [0.717, 1.165) is 12.1 Å². The Hall–Kier alpha value is -3.47. The van der Waals surface area contributed by atoms with Gasteiger partial charge in [-0.3, -0.25) is 4.79 Å². The van der Waals surface area contributed by atoms with Crippen molar-refractivity contribution in [2.24, 2.45) is 0 Å². The van der Waals surface area contributed by atoms with Crippen LogP contribution in [0.1, 0.15) is 18.1 Å². The van der Waals surface area contributed by atoms with Crippen LogP contribution in [0.5, 0.6) is 0 Å². The van der Waals surface area contributed by atoms with Crippen LogP contribution in [0.3, 0.4) is 0 Å². The Morgan fingerprint density at radius 2 is 1.70 bits per heavy atom. The van der Waals surface area contributed by atoms with Crippen molar-refractivity contribution < 1.29 is 22.8 Å². The minimum absolute atomic E-state index is 0.0121. The van der Waals surface area contributed by atoms with E-state index in [4.69, 9.17) is 0 Å². The number of benzene rings is 2. The molecule has 0 radical (unpaired) electrons. The number of anilines is 2. The van der Waals surface area contributed by atoms with Gasteiger partial charge in [0.25, 0.3) is 0 Å². The Bertz CT molecular complexity index is 882. The van der Waals surface area contributed by atoms with E-state index in [1.54, 1.807) is 24.3 Å². The van der Waals surface area contributed by atoms with Crippen molar-refractivity contribution in [1.29, 1.82) is 0 Å². The third-order valence-electron chi connectivity index (χ3n) is 3.22. The molecule has 3 N–H and O–H groups in total. The standard InChI is InChI=1S/C19H16F3N3O2/c1-13(26)24-16-9-7-14(8-10-16)4-3-11-23-18(27)25-17-6-2-5-15(12-17)19(20,21)22/h2,5-10,12H,11H2,1H3,(H,24,26)(H2,23,25,27). The van der Waals surface area contributed by atoms with E-state index >= 15 is 0 Å². The maximum Gasteiger partial charge on any atom is 0.416 e. The van der Waals surface area contributed by atoms with Crippen molar-refractivity contribution in [3.8, 4) is 11.8 Å². The third kappa shape index (κ3) is 6.74. The Morgan fingerprint density at radius 1 is 1.00 bits per heavy atom. The Balaban J connectivity index is 1.85. The SMILES string of the molecule is CC(=O)Nc1ccc(C#CCNC(=O)Nc2cccc(C(F)(F)F)c2)cc1. The summed E-state index contributed by atoms with van der Waals surface area (Å²) < 4.78 is 37.9. The van der Waals surface area contributed by atoms with Crippen molar-refractivity contribution in [3.05, 3.63) is 59.7 Å². The van der Waals surface area contributed by atoms with E-state index in [1.165, 1.54) is 19.1 Å². The highest BCUT2D eigenvalue weighted by Crippen LogP contribution is 2.30. The highest BCUT2D eigenvalue weighted by Gasteiger charge is 2.30. The zero-order valence-corrected chi connectivity index (χ0v) is 14.3. The minimum atomic E-state index is -4.48. The summed E-state index contributed by atoms with van der Waals surface area (Å²) in [4.78, 5) is 22.7. The molecule has 0 bridgehead atoms. The molecule has 0 spiro atoms. The van der Waals surface area contributed by atoms with Gasteiger partial charge in [-0.2, -0.15) is 13.2 Å².